The van der Waals surface area contributed by atoms with Crippen molar-refractivity contribution in [3.63, 3.8) is 0 Å². The molecule has 0 spiro atoms. The first-order chi connectivity index (χ1) is 8.21. The minimum Gasteiger partial charge on any atom is -0.384 e. The highest BCUT2D eigenvalue weighted by Crippen LogP contribution is 2.23. The lowest BCUT2D eigenvalue weighted by Crippen LogP contribution is -2.28. The van der Waals surface area contributed by atoms with Crippen molar-refractivity contribution in [2.75, 3.05) is 0 Å². The monoisotopic (exact) mass is 264 g/mol. The summed E-state index contributed by atoms with van der Waals surface area (Å²) in [5.41, 5.74) is 5.30. The van der Waals surface area contributed by atoms with Gasteiger partial charge in [0.25, 0.3) is 0 Å². The number of hydrogen-bond donors (Lipinski definition) is 2. The van der Waals surface area contributed by atoms with Crippen molar-refractivity contribution in [2.45, 2.75) is 25.8 Å². The lowest BCUT2D eigenvalue weighted by Gasteiger charge is -2.16. The summed E-state index contributed by atoms with van der Waals surface area (Å²) in [4.78, 5) is 0. The Morgan fingerprint density at radius 1 is 1.44 bits per heavy atom. The SMILES string of the molecule is CC(OCc1ccc(C(=N)N)cc1F)C(F)(F)F. The van der Waals surface area contributed by atoms with E-state index in [1.165, 1.54) is 12.1 Å². The zero-order valence-electron chi connectivity index (χ0n) is 9.51. The fraction of sp³-hybridized carbons (Fsp3) is 0.364. The average Bonchev–Trinajstić information content (AvgIpc) is 2.25. The Kier molecular flexibility index (Phi) is 4.28. The Balaban J connectivity index is 2.72. The summed E-state index contributed by atoms with van der Waals surface area (Å²) < 4.78 is 54.4. The van der Waals surface area contributed by atoms with Crippen LogP contribution in [0.4, 0.5) is 17.6 Å². The van der Waals surface area contributed by atoms with Crippen molar-refractivity contribution < 1.29 is 22.3 Å². The summed E-state index contributed by atoms with van der Waals surface area (Å²) in [6, 6.07) is 3.58. The minimum atomic E-state index is -4.48. The average molecular weight is 264 g/mol. The Morgan fingerprint density at radius 2 is 2.06 bits per heavy atom. The van der Waals surface area contributed by atoms with E-state index < -0.39 is 24.7 Å². The molecule has 0 amide bonds. The second kappa shape index (κ2) is 5.34. The predicted molar refractivity (Wildman–Crippen MR) is 57.7 cm³/mol. The molecule has 0 saturated heterocycles. The summed E-state index contributed by atoms with van der Waals surface area (Å²) in [5, 5.41) is 7.09. The topological polar surface area (TPSA) is 59.1 Å². The molecule has 0 bridgehead atoms. The smallest absolute Gasteiger partial charge is 0.384 e. The lowest BCUT2D eigenvalue weighted by molar-refractivity contribution is -0.217. The number of rotatable bonds is 4. The van der Waals surface area contributed by atoms with Gasteiger partial charge in [-0.15, -0.1) is 0 Å². The van der Waals surface area contributed by atoms with Crippen molar-refractivity contribution in [3.05, 3.63) is 35.1 Å². The van der Waals surface area contributed by atoms with E-state index in [1.54, 1.807) is 0 Å². The number of amidine groups is 1. The van der Waals surface area contributed by atoms with Crippen LogP contribution in [-0.2, 0) is 11.3 Å². The summed E-state index contributed by atoms with van der Waals surface area (Å²) in [6.45, 7) is 0.354. The fourth-order valence-corrected chi connectivity index (χ4v) is 1.14. The molecule has 7 heteroatoms. The molecular formula is C11H12F4N2O. The molecule has 0 fully saturated rings. The first kappa shape index (κ1) is 14.4. The van der Waals surface area contributed by atoms with Crippen molar-refractivity contribution in [3.8, 4) is 0 Å². The van der Waals surface area contributed by atoms with Gasteiger partial charge in [-0.05, 0) is 13.0 Å². The minimum absolute atomic E-state index is 0.0175. The van der Waals surface area contributed by atoms with E-state index >= 15 is 0 Å². The Bertz CT molecular complexity index is 445. The molecule has 100 valence electrons. The van der Waals surface area contributed by atoms with Gasteiger partial charge in [-0.2, -0.15) is 13.2 Å². The summed E-state index contributed by atoms with van der Waals surface area (Å²) in [5.74, 6) is -1.07. The first-order valence-electron chi connectivity index (χ1n) is 5.03. The van der Waals surface area contributed by atoms with E-state index in [4.69, 9.17) is 11.1 Å². The number of alkyl halides is 3. The predicted octanol–water partition coefficient (Wildman–Crippen LogP) is 2.58. The number of ether oxygens (including phenoxy) is 1. The maximum absolute atomic E-state index is 13.4. The summed E-state index contributed by atoms with van der Waals surface area (Å²) >= 11 is 0. The molecule has 0 heterocycles. The molecule has 3 N–H and O–H groups in total. The van der Waals surface area contributed by atoms with Crippen LogP contribution in [0, 0.1) is 11.2 Å². The van der Waals surface area contributed by atoms with Gasteiger partial charge < -0.3 is 10.5 Å². The van der Waals surface area contributed by atoms with Crippen molar-refractivity contribution in [1.82, 2.24) is 0 Å². The van der Waals surface area contributed by atoms with E-state index in [2.05, 4.69) is 4.74 Å². The second-order valence-corrected chi connectivity index (χ2v) is 3.71. The van der Waals surface area contributed by atoms with Crippen molar-refractivity contribution in [2.24, 2.45) is 5.73 Å². The van der Waals surface area contributed by atoms with Gasteiger partial charge in [0, 0.05) is 11.1 Å². The lowest BCUT2D eigenvalue weighted by atomic mass is 10.1. The Morgan fingerprint density at radius 3 is 2.50 bits per heavy atom. The van der Waals surface area contributed by atoms with Crippen molar-refractivity contribution >= 4 is 5.84 Å². The van der Waals surface area contributed by atoms with Crippen LogP contribution in [-0.4, -0.2) is 18.1 Å². The Hall–Kier alpha value is -1.63. The van der Waals surface area contributed by atoms with Crippen LogP contribution in [0.2, 0.25) is 0 Å². The maximum Gasteiger partial charge on any atom is 0.414 e. The van der Waals surface area contributed by atoms with Crippen LogP contribution >= 0.6 is 0 Å². The molecule has 0 aliphatic rings. The molecule has 1 aromatic carbocycles. The highest BCUT2D eigenvalue weighted by Gasteiger charge is 2.36. The molecule has 1 aromatic rings. The van der Waals surface area contributed by atoms with E-state index in [0.29, 0.717) is 0 Å². The third kappa shape index (κ3) is 3.69. The third-order valence-electron chi connectivity index (χ3n) is 2.31. The number of nitrogens with one attached hydrogen (secondary N) is 1. The normalized spacial score (nSPS) is 13.4. The fourth-order valence-electron chi connectivity index (χ4n) is 1.14. The van der Waals surface area contributed by atoms with Gasteiger partial charge in [0.2, 0.25) is 0 Å². The van der Waals surface area contributed by atoms with Crippen LogP contribution in [0.25, 0.3) is 0 Å². The zero-order chi connectivity index (χ0) is 13.9. The quantitative estimate of drug-likeness (QED) is 0.499. The number of nitrogens with two attached hydrogens (primary N) is 1. The summed E-state index contributed by atoms with van der Waals surface area (Å²) in [6.07, 6.45) is -6.44. The first-order valence-corrected chi connectivity index (χ1v) is 5.03. The van der Waals surface area contributed by atoms with E-state index in [-0.39, 0.29) is 17.0 Å². The molecular weight excluding hydrogens is 252 g/mol. The summed E-state index contributed by atoms with van der Waals surface area (Å²) in [7, 11) is 0. The number of benzene rings is 1. The van der Waals surface area contributed by atoms with Crippen molar-refractivity contribution in [1.29, 1.82) is 5.41 Å². The molecule has 0 aliphatic carbocycles. The van der Waals surface area contributed by atoms with E-state index in [9.17, 15) is 17.6 Å². The Labute approximate surface area is 101 Å². The molecule has 18 heavy (non-hydrogen) atoms. The highest BCUT2D eigenvalue weighted by atomic mass is 19.4. The molecule has 0 saturated carbocycles. The highest BCUT2D eigenvalue weighted by molar-refractivity contribution is 5.94. The maximum atomic E-state index is 13.4. The van der Waals surface area contributed by atoms with Crippen LogP contribution < -0.4 is 5.73 Å². The molecule has 0 radical (unpaired) electrons. The number of halogens is 4. The van der Waals surface area contributed by atoms with E-state index in [0.717, 1.165) is 13.0 Å². The van der Waals surface area contributed by atoms with Gasteiger partial charge in [-0.1, -0.05) is 12.1 Å². The van der Waals surface area contributed by atoms with Gasteiger partial charge in [-0.25, -0.2) is 4.39 Å². The van der Waals surface area contributed by atoms with Crippen LogP contribution in [0.5, 0.6) is 0 Å². The van der Waals surface area contributed by atoms with Crippen LogP contribution in [0.3, 0.4) is 0 Å². The van der Waals surface area contributed by atoms with Crippen LogP contribution in [0.15, 0.2) is 18.2 Å². The van der Waals surface area contributed by atoms with Gasteiger partial charge in [0.05, 0.1) is 6.61 Å². The van der Waals surface area contributed by atoms with E-state index in [1.807, 2.05) is 0 Å². The number of hydrogen-bond acceptors (Lipinski definition) is 2. The molecule has 3 nitrogen and oxygen atoms in total. The van der Waals surface area contributed by atoms with Gasteiger partial charge in [-0.3, -0.25) is 5.41 Å². The molecule has 0 aromatic heterocycles. The van der Waals surface area contributed by atoms with Gasteiger partial charge in [0.1, 0.15) is 11.7 Å². The molecule has 1 rings (SSSR count). The van der Waals surface area contributed by atoms with Crippen LogP contribution in [0.1, 0.15) is 18.1 Å². The molecule has 0 aliphatic heterocycles. The zero-order valence-corrected chi connectivity index (χ0v) is 9.51. The third-order valence-corrected chi connectivity index (χ3v) is 2.31. The largest absolute Gasteiger partial charge is 0.414 e. The van der Waals surface area contributed by atoms with Gasteiger partial charge in [0.15, 0.2) is 6.10 Å². The standard InChI is InChI=1S/C11H12F4N2O/c1-6(11(13,14)15)18-5-8-3-2-7(10(16)17)4-9(8)12/h2-4,6H,5H2,1H3,(H3,16,17). The molecule has 1 atom stereocenters. The number of nitrogen functional groups attached to an aromatic ring is 1. The molecule has 1 unspecified atom stereocenters. The van der Waals surface area contributed by atoms with Gasteiger partial charge >= 0.3 is 6.18 Å². The second-order valence-electron chi connectivity index (χ2n) is 3.71.